The van der Waals surface area contributed by atoms with Crippen LogP contribution in [0.5, 0.6) is 0 Å². The molecule has 9 heteroatoms. The lowest BCUT2D eigenvalue weighted by Crippen LogP contribution is -2.39. The smallest absolute Gasteiger partial charge is 0.260 e. The van der Waals surface area contributed by atoms with Crippen LogP contribution in [0.15, 0.2) is 9.63 Å². The summed E-state index contributed by atoms with van der Waals surface area (Å²) in [5.74, 6) is 0.208. The molecule has 0 aromatic carbocycles. The van der Waals surface area contributed by atoms with Gasteiger partial charge < -0.3 is 4.74 Å². The first-order valence-corrected chi connectivity index (χ1v) is 7.84. The number of hydrogen-bond donors (Lipinski definition) is 1. The van der Waals surface area contributed by atoms with Crippen LogP contribution in [0.1, 0.15) is 13.3 Å². The fourth-order valence-corrected chi connectivity index (χ4v) is 4.36. The number of sulfonamides is 1. The summed E-state index contributed by atoms with van der Waals surface area (Å²) >= 11 is 3.09. The summed E-state index contributed by atoms with van der Waals surface area (Å²) in [6.07, 6.45) is 0.870. The molecule has 1 aromatic rings. The van der Waals surface area contributed by atoms with E-state index in [1.807, 2.05) is 6.92 Å². The molecule has 1 fully saturated rings. The molecule has 2 atom stereocenters. The molecule has 2 heterocycles. The summed E-state index contributed by atoms with van der Waals surface area (Å²) in [5, 5.41) is 7.37. The van der Waals surface area contributed by atoms with E-state index in [0.717, 1.165) is 6.42 Å². The normalized spacial score (nSPS) is 22.3. The number of hydrogen-bond acceptors (Lipinski definition) is 5. The lowest BCUT2D eigenvalue weighted by atomic mass is 10.0. The first kappa shape index (κ1) is 13.9. The third kappa shape index (κ3) is 2.73. The van der Waals surface area contributed by atoms with Crippen LogP contribution in [0.3, 0.4) is 0 Å². The van der Waals surface area contributed by atoms with Crippen molar-refractivity contribution in [2.75, 3.05) is 13.2 Å². The molecule has 102 valence electrons. The van der Waals surface area contributed by atoms with Gasteiger partial charge in [0.1, 0.15) is 0 Å². The summed E-state index contributed by atoms with van der Waals surface area (Å²) in [4.78, 5) is 0. The van der Waals surface area contributed by atoms with Crippen molar-refractivity contribution >= 4 is 26.0 Å². The summed E-state index contributed by atoms with van der Waals surface area (Å²) in [7, 11) is -2.09. The van der Waals surface area contributed by atoms with Gasteiger partial charge >= 0.3 is 0 Å². The van der Waals surface area contributed by atoms with E-state index < -0.39 is 10.0 Å². The van der Waals surface area contributed by atoms with E-state index in [-0.39, 0.29) is 21.6 Å². The number of rotatable bonds is 4. The molecule has 18 heavy (non-hydrogen) atoms. The Morgan fingerprint density at radius 1 is 1.61 bits per heavy atom. The van der Waals surface area contributed by atoms with Crippen LogP contribution < -0.4 is 4.72 Å². The topological polar surface area (TPSA) is 86.1 Å². The highest BCUT2D eigenvalue weighted by Gasteiger charge is 2.30. The molecular weight excluding hydrogens is 324 g/mol. The first-order valence-electron chi connectivity index (χ1n) is 5.57. The molecule has 0 aliphatic carbocycles. The zero-order valence-electron chi connectivity index (χ0n) is 10.1. The maximum Gasteiger partial charge on any atom is 0.260 e. The summed E-state index contributed by atoms with van der Waals surface area (Å²) in [6, 6.07) is -0.181. The molecule has 1 aliphatic heterocycles. The average Bonchev–Trinajstić information content (AvgIpc) is 2.87. The molecule has 1 saturated heterocycles. The Hall–Kier alpha value is -0.510. The van der Waals surface area contributed by atoms with Crippen molar-refractivity contribution < 1.29 is 13.2 Å². The summed E-state index contributed by atoms with van der Waals surface area (Å²) in [5.41, 5.74) is 0. The van der Waals surface area contributed by atoms with E-state index in [0.29, 0.717) is 13.2 Å². The molecule has 0 amide bonds. The second kappa shape index (κ2) is 5.24. The SMILES string of the molecule is CC(NS(=O)(=O)c1c(Br)nnn1C)C1CCOC1. The molecule has 2 unspecified atom stereocenters. The average molecular weight is 339 g/mol. The second-order valence-corrected chi connectivity index (χ2v) is 6.72. The number of aryl methyl sites for hydroxylation is 1. The minimum atomic E-state index is -3.63. The highest BCUT2D eigenvalue weighted by atomic mass is 79.9. The van der Waals surface area contributed by atoms with Crippen LogP contribution in [-0.4, -0.2) is 42.7 Å². The van der Waals surface area contributed by atoms with Crippen molar-refractivity contribution in [3.8, 4) is 0 Å². The molecule has 0 bridgehead atoms. The minimum absolute atomic E-state index is 0.0354. The first-order chi connectivity index (χ1) is 8.42. The van der Waals surface area contributed by atoms with Crippen molar-refractivity contribution in [3.05, 3.63) is 4.60 Å². The van der Waals surface area contributed by atoms with E-state index >= 15 is 0 Å². The van der Waals surface area contributed by atoms with E-state index in [2.05, 4.69) is 31.0 Å². The zero-order chi connectivity index (χ0) is 13.3. The predicted molar refractivity (Wildman–Crippen MR) is 67.4 cm³/mol. The number of nitrogens with one attached hydrogen (secondary N) is 1. The number of nitrogens with zero attached hydrogens (tertiary/aromatic N) is 3. The van der Waals surface area contributed by atoms with Crippen molar-refractivity contribution in [2.45, 2.75) is 24.4 Å². The van der Waals surface area contributed by atoms with Gasteiger partial charge in [-0.15, -0.1) is 5.10 Å². The number of aromatic nitrogens is 3. The quantitative estimate of drug-likeness (QED) is 0.852. The molecule has 1 aliphatic rings. The highest BCUT2D eigenvalue weighted by molar-refractivity contribution is 9.10. The van der Waals surface area contributed by atoms with Crippen molar-refractivity contribution in [3.63, 3.8) is 0 Å². The molecule has 0 radical (unpaired) electrons. The van der Waals surface area contributed by atoms with Gasteiger partial charge in [0.2, 0.25) is 5.03 Å². The van der Waals surface area contributed by atoms with Crippen molar-refractivity contribution in [1.82, 2.24) is 19.7 Å². The van der Waals surface area contributed by atoms with Crippen LogP contribution in [0, 0.1) is 5.92 Å². The van der Waals surface area contributed by atoms with Gasteiger partial charge in [0.15, 0.2) is 4.60 Å². The fraction of sp³-hybridized carbons (Fsp3) is 0.778. The molecule has 1 aromatic heterocycles. The maximum atomic E-state index is 12.2. The zero-order valence-corrected chi connectivity index (χ0v) is 12.5. The molecule has 2 rings (SSSR count). The Bertz CT molecular complexity index is 504. The van der Waals surface area contributed by atoms with Crippen LogP contribution in [0.4, 0.5) is 0 Å². The Morgan fingerprint density at radius 2 is 2.33 bits per heavy atom. The molecule has 0 spiro atoms. The Balaban J connectivity index is 2.17. The monoisotopic (exact) mass is 338 g/mol. The lowest BCUT2D eigenvalue weighted by molar-refractivity contribution is 0.180. The Labute approximate surface area is 114 Å². The lowest BCUT2D eigenvalue weighted by Gasteiger charge is -2.18. The minimum Gasteiger partial charge on any atom is -0.381 e. The van der Waals surface area contributed by atoms with Crippen LogP contribution >= 0.6 is 15.9 Å². The van der Waals surface area contributed by atoms with Gasteiger partial charge in [0.05, 0.1) is 6.61 Å². The van der Waals surface area contributed by atoms with Crippen LogP contribution in [-0.2, 0) is 21.8 Å². The van der Waals surface area contributed by atoms with Gasteiger partial charge in [-0.05, 0) is 29.3 Å². The van der Waals surface area contributed by atoms with Crippen molar-refractivity contribution in [2.24, 2.45) is 13.0 Å². The van der Waals surface area contributed by atoms with E-state index in [4.69, 9.17) is 4.74 Å². The third-order valence-corrected chi connectivity index (χ3v) is 5.45. The summed E-state index contributed by atoms with van der Waals surface area (Å²) < 4.78 is 33.8. The van der Waals surface area contributed by atoms with E-state index in [1.165, 1.54) is 11.7 Å². The van der Waals surface area contributed by atoms with Gasteiger partial charge in [0, 0.05) is 25.6 Å². The number of ether oxygens (including phenoxy) is 1. The van der Waals surface area contributed by atoms with Crippen LogP contribution in [0.2, 0.25) is 0 Å². The van der Waals surface area contributed by atoms with Gasteiger partial charge in [-0.1, -0.05) is 5.21 Å². The maximum absolute atomic E-state index is 12.2. The molecule has 1 N–H and O–H groups in total. The Morgan fingerprint density at radius 3 is 2.83 bits per heavy atom. The molecule has 0 saturated carbocycles. The van der Waals surface area contributed by atoms with E-state index in [1.54, 1.807) is 0 Å². The van der Waals surface area contributed by atoms with Gasteiger partial charge in [-0.2, -0.15) is 0 Å². The highest BCUT2D eigenvalue weighted by Crippen LogP contribution is 2.21. The standard InChI is InChI=1S/C9H15BrN4O3S/c1-6(7-3-4-17-5-7)12-18(15,16)9-8(10)11-13-14(9)2/h6-7,12H,3-5H2,1-2H3. The van der Waals surface area contributed by atoms with Crippen molar-refractivity contribution in [1.29, 1.82) is 0 Å². The van der Waals surface area contributed by atoms with Gasteiger partial charge in [0.25, 0.3) is 10.0 Å². The largest absolute Gasteiger partial charge is 0.381 e. The Kier molecular flexibility index (Phi) is 4.05. The molecule has 7 nitrogen and oxygen atoms in total. The summed E-state index contributed by atoms with van der Waals surface area (Å²) in [6.45, 7) is 3.12. The number of halogens is 1. The predicted octanol–water partition coefficient (Wildman–Crippen LogP) is 0.281. The molecular formula is C9H15BrN4O3S. The third-order valence-electron chi connectivity index (χ3n) is 3.00. The fourth-order valence-electron chi connectivity index (χ4n) is 1.95. The van der Waals surface area contributed by atoms with Crippen LogP contribution in [0.25, 0.3) is 0 Å². The second-order valence-electron chi connectivity index (χ2n) is 4.34. The van der Waals surface area contributed by atoms with Gasteiger partial charge in [-0.3, -0.25) is 0 Å². The van der Waals surface area contributed by atoms with E-state index in [9.17, 15) is 8.42 Å². The van der Waals surface area contributed by atoms with Gasteiger partial charge in [-0.25, -0.2) is 17.8 Å².